The number of nitro groups is 1. The van der Waals surface area contributed by atoms with Gasteiger partial charge in [-0.15, -0.1) is 0 Å². The van der Waals surface area contributed by atoms with E-state index in [1.54, 1.807) is 0 Å². The number of nitro benzene ring substituents is 1. The molecule has 0 bridgehead atoms. The van der Waals surface area contributed by atoms with Crippen LogP contribution >= 0.6 is 0 Å². The fourth-order valence-corrected chi connectivity index (χ4v) is 5.68. The van der Waals surface area contributed by atoms with Crippen LogP contribution in [0.1, 0.15) is 43.6 Å². The first-order chi connectivity index (χ1) is 16.0. The van der Waals surface area contributed by atoms with Crippen molar-refractivity contribution in [1.29, 1.82) is 0 Å². The lowest BCUT2D eigenvalue weighted by Crippen LogP contribution is -2.52. The molecule has 2 aromatic carbocycles. The van der Waals surface area contributed by atoms with Crippen molar-refractivity contribution in [2.24, 2.45) is 11.8 Å². The lowest BCUT2D eigenvalue weighted by Gasteiger charge is -2.39. The third-order valence-corrected chi connectivity index (χ3v) is 7.06. The molecular weight excluding hydrogens is 434 g/mol. The van der Waals surface area contributed by atoms with E-state index in [2.05, 4.69) is 0 Å². The number of nitrogens with zero attached hydrogens (tertiary/aromatic N) is 3. The Hall–Kier alpha value is -3.81. The number of allylic oxidation sites excluding steroid dienone is 1. The van der Waals surface area contributed by atoms with Crippen LogP contribution in [0.15, 0.2) is 54.6 Å². The number of imide groups is 1. The second-order valence-electron chi connectivity index (χ2n) is 10.1. The summed E-state index contributed by atoms with van der Waals surface area (Å²) < 4.78 is 0. The Morgan fingerprint density at radius 1 is 0.971 bits per heavy atom. The number of carbonyl (C=O) groups excluding carboxylic acids is 3. The standard InChI is InChI=1S/C26H25N3O5/c1-14-13-19-20-21(25(32)28(24(20)31)26(2,3)4)22(27(19)18-8-6-5-7-17(14)18)23(30)15-9-11-16(12-10-15)29(33)34/h5-13,19-22H,1-4H3/t19-,20+,21-,22+/m1/s1. The van der Waals surface area contributed by atoms with E-state index in [1.165, 1.54) is 29.2 Å². The van der Waals surface area contributed by atoms with Crippen molar-refractivity contribution < 1.29 is 19.3 Å². The van der Waals surface area contributed by atoms with Gasteiger partial charge in [-0.2, -0.15) is 0 Å². The maximum Gasteiger partial charge on any atom is 0.269 e. The summed E-state index contributed by atoms with van der Waals surface area (Å²) in [5, 5.41) is 11.1. The van der Waals surface area contributed by atoms with Gasteiger partial charge in [0.2, 0.25) is 11.8 Å². The van der Waals surface area contributed by atoms with Crippen LogP contribution in [0.4, 0.5) is 11.4 Å². The Bertz CT molecular complexity index is 1270. The van der Waals surface area contributed by atoms with E-state index in [-0.39, 0.29) is 28.8 Å². The molecule has 174 valence electrons. The molecule has 3 aliphatic rings. The maximum atomic E-state index is 13.9. The van der Waals surface area contributed by atoms with Gasteiger partial charge in [0.15, 0.2) is 5.78 Å². The van der Waals surface area contributed by atoms with Gasteiger partial charge in [-0.25, -0.2) is 0 Å². The van der Waals surface area contributed by atoms with E-state index in [0.29, 0.717) is 0 Å². The van der Waals surface area contributed by atoms with E-state index < -0.39 is 34.4 Å². The van der Waals surface area contributed by atoms with Crippen LogP contribution in [0.25, 0.3) is 5.57 Å². The lowest BCUT2D eigenvalue weighted by molar-refractivity contribution is -0.384. The number of carbonyl (C=O) groups is 3. The number of anilines is 1. The van der Waals surface area contributed by atoms with Gasteiger partial charge < -0.3 is 4.90 Å². The normalized spacial score (nSPS) is 25.6. The van der Waals surface area contributed by atoms with Gasteiger partial charge in [-0.1, -0.05) is 24.3 Å². The van der Waals surface area contributed by atoms with Crippen LogP contribution < -0.4 is 4.90 Å². The van der Waals surface area contributed by atoms with Crippen molar-refractivity contribution in [1.82, 2.24) is 4.90 Å². The smallest absolute Gasteiger partial charge is 0.269 e. The summed E-state index contributed by atoms with van der Waals surface area (Å²) in [6, 6.07) is 11.7. The van der Waals surface area contributed by atoms with Crippen LogP contribution in [0.3, 0.4) is 0 Å². The number of hydrogen-bond donors (Lipinski definition) is 0. The summed E-state index contributed by atoms with van der Waals surface area (Å²) in [5.41, 5.74) is 2.20. The van der Waals surface area contributed by atoms with Gasteiger partial charge in [-0.05, 0) is 51.5 Å². The fraction of sp³-hybridized carbons (Fsp3) is 0.346. The largest absolute Gasteiger partial charge is 0.352 e. The molecule has 2 amide bonds. The number of ketones is 1. The maximum absolute atomic E-state index is 13.9. The molecule has 3 aliphatic heterocycles. The molecule has 0 radical (unpaired) electrons. The van der Waals surface area contributed by atoms with Crippen molar-refractivity contribution in [3.05, 3.63) is 75.8 Å². The number of non-ortho nitro benzene ring substituents is 1. The number of amides is 2. The van der Waals surface area contributed by atoms with Gasteiger partial charge in [0, 0.05) is 34.5 Å². The second-order valence-corrected chi connectivity index (χ2v) is 10.1. The van der Waals surface area contributed by atoms with Crippen molar-refractivity contribution in [3.63, 3.8) is 0 Å². The van der Waals surface area contributed by atoms with Crippen LogP contribution in [-0.4, -0.2) is 45.0 Å². The summed E-state index contributed by atoms with van der Waals surface area (Å²) in [4.78, 5) is 55.0. The van der Waals surface area contributed by atoms with Gasteiger partial charge in [0.1, 0.15) is 6.04 Å². The highest BCUT2D eigenvalue weighted by Gasteiger charge is 2.65. The molecule has 2 fully saturated rings. The third kappa shape index (κ3) is 3.01. The summed E-state index contributed by atoms with van der Waals surface area (Å²) in [6.07, 6.45) is 1.99. The zero-order valence-electron chi connectivity index (χ0n) is 19.4. The number of para-hydroxylation sites is 1. The first-order valence-corrected chi connectivity index (χ1v) is 11.2. The zero-order valence-corrected chi connectivity index (χ0v) is 19.4. The van der Waals surface area contributed by atoms with Crippen molar-refractivity contribution in [2.45, 2.75) is 45.3 Å². The van der Waals surface area contributed by atoms with Crippen LogP contribution in [-0.2, 0) is 9.59 Å². The number of hydrogen-bond acceptors (Lipinski definition) is 6. The van der Waals surface area contributed by atoms with Crippen LogP contribution in [0.2, 0.25) is 0 Å². The quantitative estimate of drug-likeness (QED) is 0.299. The number of rotatable bonds is 3. The van der Waals surface area contributed by atoms with E-state index in [1.807, 2.05) is 62.9 Å². The molecule has 8 nitrogen and oxygen atoms in total. The summed E-state index contributed by atoms with van der Waals surface area (Å²) in [7, 11) is 0. The molecule has 0 N–H and O–H groups in total. The van der Waals surface area contributed by atoms with E-state index in [0.717, 1.165) is 16.8 Å². The number of Topliss-reactive ketones (excluding diaryl/α,β-unsaturated/α-hetero) is 1. The minimum Gasteiger partial charge on any atom is -0.352 e. The van der Waals surface area contributed by atoms with Gasteiger partial charge in [0.05, 0.1) is 22.8 Å². The molecule has 0 unspecified atom stereocenters. The van der Waals surface area contributed by atoms with E-state index in [9.17, 15) is 24.5 Å². The summed E-state index contributed by atoms with van der Waals surface area (Å²) >= 11 is 0. The monoisotopic (exact) mass is 459 g/mol. The predicted octanol–water partition coefficient (Wildman–Crippen LogP) is 3.85. The molecule has 4 atom stereocenters. The molecule has 0 aromatic heterocycles. The molecule has 0 saturated carbocycles. The first kappa shape index (κ1) is 22.0. The van der Waals surface area contributed by atoms with Crippen molar-refractivity contribution >= 4 is 34.5 Å². The SMILES string of the molecule is CC1=C[C@@H]2[C@@H]3C(=O)N(C(C)(C)C)C(=O)[C@H]3[C@@H](C(=O)c3ccc([N+](=O)[O-])cc3)N2c2ccccc21. The first-order valence-electron chi connectivity index (χ1n) is 11.2. The average molecular weight is 460 g/mol. The van der Waals surface area contributed by atoms with Crippen LogP contribution in [0.5, 0.6) is 0 Å². The Labute approximate surface area is 197 Å². The molecule has 5 rings (SSSR count). The average Bonchev–Trinajstić information content (AvgIpc) is 3.26. The summed E-state index contributed by atoms with van der Waals surface area (Å²) in [5.74, 6) is -2.45. The van der Waals surface area contributed by atoms with Crippen molar-refractivity contribution in [3.8, 4) is 0 Å². The predicted molar refractivity (Wildman–Crippen MR) is 126 cm³/mol. The van der Waals surface area contributed by atoms with Gasteiger partial charge in [0.25, 0.3) is 5.69 Å². The minimum atomic E-state index is -0.897. The molecule has 2 saturated heterocycles. The Balaban J connectivity index is 1.67. The summed E-state index contributed by atoms with van der Waals surface area (Å²) in [6.45, 7) is 7.41. The fourth-order valence-electron chi connectivity index (χ4n) is 5.68. The Morgan fingerprint density at radius 3 is 2.21 bits per heavy atom. The van der Waals surface area contributed by atoms with Crippen molar-refractivity contribution in [2.75, 3.05) is 4.90 Å². The van der Waals surface area contributed by atoms with E-state index >= 15 is 0 Å². The molecule has 2 aromatic rings. The molecule has 0 aliphatic carbocycles. The highest BCUT2D eigenvalue weighted by Crippen LogP contribution is 2.51. The molecule has 34 heavy (non-hydrogen) atoms. The van der Waals surface area contributed by atoms with E-state index in [4.69, 9.17) is 0 Å². The number of likely N-dealkylation sites (tertiary alicyclic amines) is 1. The molecule has 8 heteroatoms. The number of fused-ring (bicyclic) bond motifs is 5. The second kappa shape index (κ2) is 7.35. The Morgan fingerprint density at radius 2 is 1.59 bits per heavy atom. The molecule has 0 spiro atoms. The van der Waals surface area contributed by atoms with Gasteiger partial charge >= 0.3 is 0 Å². The van der Waals surface area contributed by atoms with Gasteiger partial charge in [-0.3, -0.25) is 29.4 Å². The topological polar surface area (TPSA) is 101 Å². The third-order valence-electron chi connectivity index (χ3n) is 7.06. The van der Waals surface area contributed by atoms with Crippen LogP contribution in [0, 0.1) is 22.0 Å². The number of benzene rings is 2. The minimum absolute atomic E-state index is 0.119. The Kier molecular flexibility index (Phi) is 4.76. The highest BCUT2D eigenvalue weighted by atomic mass is 16.6. The molecule has 3 heterocycles. The highest BCUT2D eigenvalue weighted by molar-refractivity contribution is 6.14. The zero-order chi connectivity index (χ0) is 24.5. The molecular formula is C26H25N3O5. The lowest BCUT2D eigenvalue weighted by atomic mass is 9.85.